The molecule has 0 aromatic carbocycles. The van der Waals surface area contributed by atoms with E-state index in [0.29, 0.717) is 0 Å². The summed E-state index contributed by atoms with van der Waals surface area (Å²) in [5.41, 5.74) is 0.263. The van der Waals surface area contributed by atoms with E-state index in [-0.39, 0.29) is 34.8 Å². The van der Waals surface area contributed by atoms with Crippen molar-refractivity contribution in [1.29, 1.82) is 0 Å². The van der Waals surface area contributed by atoms with Crippen molar-refractivity contribution in [3.8, 4) is 0 Å². The van der Waals surface area contributed by atoms with Crippen molar-refractivity contribution in [2.75, 3.05) is 40.3 Å². The fourth-order valence-corrected chi connectivity index (χ4v) is 3.45. The summed E-state index contributed by atoms with van der Waals surface area (Å²) in [7, 11) is 4.22. The molecule has 0 saturated carbocycles. The monoisotopic (exact) mass is 466 g/mol. The molecule has 0 atom stereocenters. The largest absolute Gasteiger partial charge is 0.357 e. The second-order valence-corrected chi connectivity index (χ2v) is 8.76. The van der Waals surface area contributed by atoms with E-state index in [1.165, 1.54) is 4.88 Å². The highest BCUT2D eigenvalue weighted by atomic mass is 127. The zero-order valence-electron chi connectivity index (χ0n) is 16.3. The maximum absolute atomic E-state index is 4.79. The van der Waals surface area contributed by atoms with Gasteiger partial charge in [0, 0.05) is 36.5 Å². The van der Waals surface area contributed by atoms with E-state index in [1.807, 2.05) is 11.3 Å². The van der Waals surface area contributed by atoms with Crippen molar-refractivity contribution in [2.24, 2.45) is 10.4 Å². The third kappa shape index (κ3) is 8.67. The molecular weight excluding hydrogens is 431 g/mol. The van der Waals surface area contributed by atoms with Gasteiger partial charge in [0.1, 0.15) is 0 Å². The predicted molar refractivity (Wildman–Crippen MR) is 119 cm³/mol. The van der Waals surface area contributed by atoms with E-state index >= 15 is 0 Å². The van der Waals surface area contributed by atoms with Crippen molar-refractivity contribution >= 4 is 41.3 Å². The van der Waals surface area contributed by atoms with Crippen LogP contribution in [0.4, 0.5) is 0 Å². The average Bonchev–Trinajstić information content (AvgIpc) is 2.95. The van der Waals surface area contributed by atoms with Crippen LogP contribution < -0.4 is 10.6 Å². The molecule has 0 aliphatic rings. The summed E-state index contributed by atoms with van der Waals surface area (Å²) in [6.07, 6.45) is 0. The lowest BCUT2D eigenvalue weighted by Crippen LogP contribution is -2.44. The van der Waals surface area contributed by atoms with Gasteiger partial charge < -0.3 is 15.5 Å². The second kappa shape index (κ2) is 10.6. The number of nitrogens with zero attached hydrogens (tertiary/aromatic N) is 2. The fourth-order valence-electron chi connectivity index (χ4n) is 2.60. The Kier molecular flexibility index (Phi) is 10.5. The number of thiophene rings is 1. The Morgan fingerprint density at radius 2 is 1.88 bits per heavy atom. The van der Waals surface area contributed by atoms with Crippen molar-refractivity contribution in [3.05, 3.63) is 22.4 Å². The topological polar surface area (TPSA) is 39.7 Å². The number of halogens is 1. The minimum Gasteiger partial charge on any atom is -0.357 e. The van der Waals surface area contributed by atoms with Crippen LogP contribution >= 0.6 is 35.3 Å². The minimum absolute atomic E-state index is 0. The van der Waals surface area contributed by atoms with E-state index in [0.717, 1.165) is 32.1 Å². The van der Waals surface area contributed by atoms with Crippen molar-refractivity contribution in [3.63, 3.8) is 0 Å². The molecule has 0 aliphatic heterocycles. The molecule has 1 aromatic rings. The summed E-state index contributed by atoms with van der Waals surface area (Å²) in [5.74, 6) is 0.906. The van der Waals surface area contributed by atoms with Crippen molar-refractivity contribution in [2.45, 2.75) is 40.0 Å². The predicted octanol–water partition coefficient (Wildman–Crippen LogP) is 3.79. The minimum atomic E-state index is 0. The molecule has 24 heavy (non-hydrogen) atoms. The molecule has 0 radical (unpaired) electrons. The lowest BCUT2D eigenvalue weighted by molar-refractivity contribution is 0.248. The second-order valence-electron chi connectivity index (χ2n) is 7.81. The Labute approximate surface area is 169 Å². The smallest absolute Gasteiger partial charge is 0.191 e. The molecule has 140 valence electrons. The van der Waals surface area contributed by atoms with E-state index in [4.69, 9.17) is 4.99 Å². The van der Waals surface area contributed by atoms with Crippen LogP contribution in [0.1, 0.15) is 39.5 Å². The first kappa shape index (κ1) is 23.7. The number of hydrogen-bond acceptors (Lipinski definition) is 3. The summed E-state index contributed by atoms with van der Waals surface area (Å²) in [4.78, 5) is 8.41. The first-order chi connectivity index (χ1) is 10.7. The van der Waals surface area contributed by atoms with Gasteiger partial charge in [-0.25, -0.2) is 0 Å². The molecule has 1 heterocycles. The third-order valence-electron chi connectivity index (χ3n) is 3.64. The lowest BCUT2D eigenvalue weighted by atomic mass is 9.91. The van der Waals surface area contributed by atoms with Gasteiger partial charge in [-0.3, -0.25) is 4.99 Å². The van der Waals surface area contributed by atoms with Crippen LogP contribution in [-0.2, 0) is 5.41 Å². The number of rotatable bonds is 8. The summed E-state index contributed by atoms with van der Waals surface area (Å²) in [6.45, 7) is 14.7. The van der Waals surface area contributed by atoms with Crippen LogP contribution in [-0.4, -0.2) is 51.1 Å². The average molecular weight is 466 g/mol. The molecule has 4 nitrogen and oxygen atoms in total. The SMILES string of the molecule is CCNC(=NCC(C)(C)CN(C)C)NCC(C)(C)c1cccs1.I. The van der Waals surface area contributed by atoms with Gasteiger partial charge in [0.25, 0.3) is 0 Å². The number of nitrogens with one attached hydrogen (secondary N) is 2. The first-order valence-electron chi connectivity index (χ1n) is 8.37. The highest BCUT2D eigenvalue weighted by Gasteiger charge is 2.22. The zero-order valence-corrected chi connectivity index (χ0v) is 19.4. The molecule has 2 N–H and O–H groups in total. The molecule has 0 saturated heterocycles. The first-order valence-corrected chi connectivity index (χ1v) is 9.25. The summed E-state index contributed by atoms with van der Waals surface area (Å²) in [5, 5.41) is 9.00. The van der Waals surface area contributed by atoms with Gasteiger partial charge in [-0.15, -0.1) is 35.3 Å². The number of guanidine groups is 1. The molecule has 0 unspecified atom stereocenters. The molecule has 0 aliphatic carbocycles. The maximum Gasteiger partial charge on any atom is 0.191 e. The van der Waals surface area contributed by atoms with Crippen LogP contribution in [0.3, 0.4) is 0 Å². The van der Waals surface area contributed by atoms with Gasteiger partial charge in [-0.05, 0) is 37.9 Å². The highest BCUT2D eigenvalue weighted by molar-refractivity contribution is 14.0. The van der Waals surface area contributed by atoms with Gasteiger partial charge in [0.05, 0.1) is 0 Å². The molecule has 0 amide bonds. The van der Waals surface area contributed by atoms with E-state index < -0.39 is 0 Å². The van der Waals surface area contributed by atoms with Crippen LogP contribution in [0.5, 0.6) is 0 Å². The van der Waals surface area contributed by atoms with Crippen LogP contribution in [0.25, 0.3) is 0 Å². The summed E-state index contributed by atoms with van der Waals surface area (Å²) >= 11 is 1.81. The Balaban J connectivity index is 0.00000529. The summed E-state index contributed by atoms with van der Waals surface area (Å²) in [6, 6.07) is 4.32. The molecule has 0 bridgehead atoms. The third-order valence-corrected chi connectivity index (χ3v) is 4.88. The van der Waals surface area contributed by atoms with Crippen LogP contribution in [0.2, 0.25) is 0 Å². The maximum atomic E-state index is 4.79. The van der Waals surface area contributed by atoms with Gasteiger partial charge in [-0.1, -0.05) is 33.8 Å². The van der Waals surface area contributed by atoms with Gasteiger partial charge in [0.2, 0.25) is 0 Å². The van der Waals surface area contributed by atoms with Crippen LogP contribution in [0, 0.1) is 5.41 Å². The quantitative estimate of drug-likeness (QED) is 0.348. The molecule has 1 rings (SSSR count). The zero-order chi connectivity index (χ0) is 17.5. The van der Waals surface area contributed by atoms with E-state index in [9.17, 15) is 0 Å². The molecular formula is C18H35IN4S. The van der Waals surface area contributed by atoms with E-state index in [1.54, 1.807) is 0 Å². The standard InChI is InChI=1S/C18H34N4S.HI/c1-8-19-16(20-12-17(2,3)14-22(6)7)21-13-18(4,5)15-10-9-11-23-15;/h9-11H,8,12-14H2,1-7H3,(H2,19,20,21);1H. The van der Waals surface area contributed by atoms with Gasteiger partial charge in [0.15, 0.2) is 5.96 Å². The Morgan fingerprint density at radius 3 is 2.38 bits per heavy atom. The van der Waals surface area contributed by atoms with Gasteiger partial charge in [-0.2, -0.15) is 0 Å². The Hall–Kier alpha value is -0.340. The lowest BCUT2D eigenvalue weighted by Gasteiger charge is -2.28. The van der Waals surface area contributed by atoms with Gasteiger partial charge >= 0.3 is 0 Å². The molecule has 0 fully saturated rings. The van der Waals surface area contributed by atoms with Crippen molar-refractivity contribution in [1.82, 2.24) is 15.5 Å². The van der Waals surface area contributed by atoms with Crippen molar-refractivity contribution < 1.29 is 0 Å². The highest BCUT2D eigenvalue weighted by Crippen LogP contribution is 2.26. The van der Waals surface area contributed by atoms with E-state index in [2.05, 4.69) is 81.8 Å². The molecule has 1 aromatic heterocycles. The fraction of sp³-hybridized carbons (Fsp3) is 0.722. The Bertz CT molecular complexity index is 481. The summed E-state index contributed by atoms with van der Waals surface area (Å²) < 4.78 is 0. The molecule has 0 spiro atoms. The normalized spacial score (nSPS) is 12.9. The number of aliphatic imine (C=N–C) groups is 1. The van der Waals surface area contributed by atoms with Crippen LogP contribution in [0.15, 0.2) is 22.5 Å². The number of hydrogen-bond donors (Lipinski definition) is 2. The Morgan fingerprint density at radius 1 is 1.21 bits per heavy atom. The molecule has 6 heteroatoms.